The van der Waals surface area contributed by atoms with Crippen LogP contribution < -0.4 is 0 Å². The van der Waals surface area contributed by atoms with Crippen LogP contribution in [0.15, 0.2) is 18.2 Å². The highest BCUT2D eigenvalue weighted by atomic mass is 19.1. The largest absolute Gasteiger partial charge is 0.385 e. The fourth-order valence-electron chi connectivity index (χ4n) is 2.60. The van der Waals surface area contributed by atoms with Crippen LogP contribution in [-0.4, -0.2) is 29.6 Å². The Bertz CT molecular complexity index is 404. The standard InChI is InChI=1S/C14H19F2NO/c1-2-17-6-3-4-14(18,5-7-17)11-8-12(15)10-13(16)9-11/h8-10,18H,2-7H2,1H3. The number of hydrogen-bond acceptors (Lipinski definition) is 2. The molecular formula is C14H19F2NO. The summed E-state index contributed by atoms with van der Waals surface area (Å²) in [5.41, 5.74) is -0.745. The zero-order chi connectivity index (χ0) is 13.2. The molecule has 1 aliphatic heterocycles. The molecule has 1 aromatic carbocycles. The third-order valence-corrected chi connectivity index (χ3v) is 3.75. The normalized spacial score (nSPS) is 26.0. The van der Waals surface area contributed by atoms with Crippen molar-refractivity contribution in [2.24, 2.45) is 0 Å². The van der Waals surface area contributed by atoms with Gasteiger partial charge in [0.05, 0.1) is 5.60 Å². The quantitative estimate of drug-likeness (QED) is 0.878. The van der Waals surface area contributed by atoms with Gasteiger partial charge in [-0.25, -0.2) is 8.78 Å². The smallest absolute Gasteiger partial charge is 0.126 e. The molecule has 2 rings (SSSR count). The van der Waals surface area contributed by atoms with E-state index < -0.39 is 17.2 Å². The van der Waals surface area contributed by atoms with Gasteiger partial charge >= 0.3 is 0 Å². The lowest BCUT2D eigenvalue weighted by molar-refractivity contribution is 0.0208. The van der Waals surface area contributed by atoms with Gasteiger partial charge in [0.2, 0.25) is 0 Å². The van der Waals surface area contributed by atoms with Crippen molar-refractivity contribution in [1.82, 2.24) is 4.90 Å². The van der Waals surface area contributed by atoms with E-state index in [1.54, 1.807) is 0 Å². The van der Waals surface area contributed by atoms with Crippen molar-refractivity contribution in [2.45, 2.75) is 31.8 Å². The molecule has 0 bridgehead atoms. The first-order chi connectivity index (χ1) is 8.53. The summed E-state index contributed by atoms with van der Waals surface area (Å²) in [6, 6.07) is 3.32. The van der Waals surface area contributed by atoms with E-state index in [0.29, 0.717) is 18.4 Å². The summed E-state index contributed by atoms with van der Waals surface area (Å²) in [4.78, 5) is 2.24. The Morgan fingerprint density at radius 2 is 1.83 bits per heavy atom. The van der Waals surface area contributed by atoms with E-state index in [1.165, 1.54) is 12.1 Å². The first-order valence-electron chi connectivity index (χ1n) is 6.45. The summed E-state index contributed by atoms with van der Waals surface area (Å²) in [6.45, 7) is 4.70. The van der Waals surface area contributed by atoms with E-state index in [0.717, 1.165) is 32.1 Å². The Kier molecular flexibility index (Phi) is 3.97. The van der Waals surface area contributed by atoms with Gasteiger partial charge in [0.1, 0.15) is 11.6 Å². The SMILES string of the molecule is CCN1CCCC(O)(c2cc(F)cc(F)c2)CC1. The number of nitrogens with zero attached hydrogens (tertiary/aromatic N) is 1. The maximum Gasteiger partial charge on any atom is 0.126 e. The lowest BCUT2D eigenvalue weighted by Gasteiger charge is -2.27. The van der Waals surface area contributed by atoms with Gasteiger partial charge in [-0.05, 0) is 50.0 Å². The maximum absolute atomic E-state index is 13.2. The van der Waals surface area contributed by atoms with Crippen LogP contribution in [0.5, 0.6) is 0 Å². The molecule has 1 atom stereocenters. The molecule has 0 aliphatic carbocycles. The van der Waals surface area contributed by atoms with Gasteiger partial charge in [0, 0.05) is 12.6 Å². The van der Waals surface area contributed by atoms with E-state index in [-0.39, 0.29) is 0 Å². The molecule has 0 amide bonds. The molecule has 1 saturated heterocycles. The second-order valence-corrected chi connectivity index (χ2v) is 4.98. The summed E-state index contributed by atoms with van der Waals surface area (Å²) >= 11 is 0. The second kappa shape index (κ2) is 5.33. The summed E-state index contributed by atoms with van der Waals surface area (Å²) in [5, 5.41) is 10.6. The molecule has 18 heavy (non-hydrogen) atoms. The maximum atomic E-state index is 13.2. The first kappa shape index (κ1) is 13.4. The minimum Gasteiger partial charge on any atom is -0.385 e. The van der Waals surface area contributed by atoms with Crippen molar-refractivity contribution < 1.29 is 13.9 Å². The molecule has 1 aromatic rings. The molecule has 0 spiro atoms. The predicted molar refractivity (Wildman–Crippen MR) is 66.2 cm³/mol. The number of halogens is 2. The molecule has 2 nitrogen and oxygen atoms in total. The molecule has 0 radical (unpaired) electrons. The van der Waals surface area contributed by atoms with Gasteiger partial charge in [-0.15, -0.1) is 0 Å². The van der Waals surface area contributed by atoms with Crippen LogP contribution in [-0.2, 0) is 5.60 Å². The van der Waals surface area contributed by atoms with Crippen LogP contribution >= 0.6 is 0 Å². The summed E-state index contributed by atoms with van der Waals surface area (Å²) in [5.74, 6) is -1.26. The summed E-state index contributed by atoms with van der Waals surface area (Å²) < 4.78 is 26.5. The Morgan fingerprint density at radius 3 is 2.44 bits per heavy atom. The average Bonchev–Trinajstić information content (AvgIpc) is 2.51. The third kappa shape index (κ3) is 2.87. The number of aliphatic hydroxyl groups is 1. The summed E-state index contributed by atoms with van der Waals surface area (Å²) in [7, 11) is 0. The lowest BCUT2D eigenvalue weighted by atomic mass is 9.87. The van der Waals surface area contributed by atoms with Gasteiger partial charge in [-0.2, -0.15) is 0 Å². The van der Waals surface area contributed by atoms with Gasteiger partial charge in [0.15, 0.2) is 0 Å². The van der Waals surface area contributed by atoms with E-state index in [2.05, 4.69) is 11.8 Å². The molecule has 1 heterocycles. The number of benzene rings is 1. The topological polar surface area (TPSA) is 23.5 Å². The van der Waals surface area contributed by atoms with Crippen molar-refractivity contribution in [1.29, 1.82) is 0 Å². The predicted octanol–water partition coefficient (Wildman–Crippen LogP) is 2.66. The van der Waals surface area contributed by atoms with Gasteiger partial charge in [-0.1, -0.05) is 6.92 Å². The molecule has 1 aliphatic rings. The van der Waals surface area contributed by atoms with Crippen molar-refractivity contribution in [3.8, 4) is 0 Å². The van der Waals surface area contributed by atoms with Crippen LogP contribution in [0, 0.1) is 11.6 Å². The molecule has 0 saturated carbocycles. The minimum absolute atomic E-state index is 0.359. The minimum atomic E-state index is -1.10. The Morgan fingerprint density at radius 1 is 1.17 bits per heavy atom. The Balaban J connectivity index is 2.24. The van der Waals surface area contributed by atoms with Crippen LogP contribution in [0.1, 0.15) is 31.7 Å². The van der Waals surface area contributed by atoms with E-state index in [9.17, 15) is 13.9 Å². The molecule has 1 N–H and O–H groups in total. The first-order valence-corrected chi connectivity index (χ1v) is 6.45. The van der Waals surface area contributed by atoms with Crippen LogP contribution in [0.3, 0.4) is 0 Å². The zero-order valence-electron chi connectivity index (χ0n) is 10.6. The van der Waals surface area contributed by atoms with Crippen LogP contribution in [0.2, 0.25) is 0 Å². The average molecular weight is 255 g/mol. The Hall–Kier alpha value is -1.00. The molecular weight excluding hydrogens is 236 g/mol. The molecule has 1 fully saturated rings. The number of rotatable bonds is 2. The van der Waals surface area contributed by atoms with Gasteiger partial charge < -0.3 is 10.0 Å². The highest BCUT2D eigenvalue weighted by Crippen LogP contribution is 2.33. The third-order valence-electron chi connectivity index (χ3n) is 3.75. The van der Waals surface area contributed by atoms with Crippen molar-refractivity contribution in [3.05, 3.63) is 35.4 Å². The van der Waals surface area contributed by atoms with Crippen molar-refractivity contribution >= 4 is 0 Å². The lowest BCUT2D eigenvalue weighted by Crippen LogP contribution is -2.29. The van der Waals surface area contributed by atoms with Gasteiger partial charge in [-0.3, -0.25) is 0 Å². The van der Waals surface area contributed by atoms with Gasteiger partial charge in [0.25, 0.3) is 0 Å². The molecule has 4 heteroatoms. The van der Waals surface area contributed by atoms with E-state index in [4.69, 9.17) is 0 Å². The van der Waals surface area contributed by atoms with E-state index >= 15 is 0 Å². The molecule has 1 unspecified atom stereocenters. The highest BCUT2D eigenvalue weighted by molar-refractivity contribution is 5.24. The van der Waals surface area contributed by atoms with Crippen molar-refractivity contribution in [3.63, 3.8) is 0 Å². The Labute approximate surface area is 106 Å². The van der Waals surface area contributed by atoms with Crippen molar-refractivity contribution in [2.75, 3.05) is 19.6 Å². The zero-order valence-corrected chi connectivity index (χ0v) is 10.6. The number of likely N-dealkylation sites (tertiary alicyclic amines) is 1. The monoisotopic (exact) mass is 255 g/mol. The van der Waals surface area contributed by atoms with Crippen LogP contribution in [0.25, 0.3) is 0 Å². The highest BCUT2D eigenvalue weighted by Gasteiger charge is 2.32. The fourth-order valence-corrected chi connectivity index (χ4v) is 2.60. The molecule has 0 aromatic heterocycles. The van der Waals surface area contributed by atoms with E-state index in [1.807, 2.05) is 0 Å². The fraction of sp³-hybridized carbons (Fsp3) is 0.571. The summed E-state index contributed by atoms with van der Waals surface area (Å²) in [6.07, 6.45) is 1.90. The second-order valence-electron chi connectivity index (χ2n) is 4.98. The number of hydrogen-bond donors (Lipinski definition) is 1. The van der Waals surface area contributed by atoms with Crippen LogP contribution in [0.4, 0.5) is 8.78 Å². The molecule has 100 valence electrons.